The fourth-order valence-corrected chi connectivity index (χ4v) is 2.87. The van der Waals surface area contributed by atoms with Crippen LogP contribution in [0.4, 0.5) is 5.69 Å². The normalized spacial score (nSPS) is 11.3. The zero-order valence-corrected chi connectivity index (χ0v) is 11.8. The van der Waals surface area contributed by atoms with Gasteiger partial charge in [0.25, 0.3) is 5.69 Å². The SMILES string of the molecule is Cn1ncc2c([N+](=O)[O-])cc(-c3cccc4[nH]ccc34)cc21. The number of aromatic amines is 1. The van der Waals surface area contributed by atoms with Crippen LogP contribution < -0.4 is 0 Å². The Morgan fingerprint density at radius 2 is 2.09 bits per heavy atom. The van der Waals surface area contributed by atoms with Crippen molar-refractivity contribution in [2.75, 3.05) is 0 Å². The van der Waals surface area contributed by atoms with Crippen molar-refractivity contribution in [2.45, 2.75) is 0 Å². The molecule has 4 aromatic rings. The second-order valence-electron chi connectivity index (χ2n) is 5.20. The zero-order chi connectivity index (χ0) is 15.3. The summed E-state index contributed by atoms with van der Waals surface area (Å²) in [5.74, 6) is 0. The number of non-ortho nitro benzene ring substituents is 1. The molecule has 6 nitrogen and oxygen atoms in total. The molecule has 0 unspecified atom stereocenters. The summed E-state index contributed by atoms with van der Waals surface area (Å²) in [6.45, 7) is 0. The van der Waals surface area contributed by atoms with Crippen LogP contribution in [0.5, 0.6) is 0 Å². The van der Waals surface area contributed by atoms with E-state index in [1.807, 2.05) is 36.5 Å². The van der Waals surface area contributed by atoms with Gasteiger partial charge in [0.05, 0.1) is 22.0 Å². The standard InChI is InChI=1S/C16H12N4O2/c1-19-15-7-10(8-16(20(21)22)13(15)9-18-19)11-3-2-4-14-12(11)5-6-17-14/h2-9,17H,1H3. The van der Waals surface area contributed by atoms with Crippen LogP contribution in [0.15, 0.2) is 48.8 Å². The number of nitro groups is 1. The lowest BCUT2D eigenvalue weighted by Gasteiger charge is -2.06. The van der Waals surface area contributed by atoms with Crippen molar-refractivity contribution < 1.29 is 4.92 Å². The summed E-state index contributed by atoms with van der Waals surface area (Å²) in [5, 5.41) is 17.1. The van der Waals surface area contributed by atoms with Crippen LogP contribution in [0.1, 0.15) is 0 Å². The molecule has 0 aliphatic rings. The van der Waals surface area contributed by atoms with Gasteiger partial charge in [0.1, 0.15) is 0 Å². The average molecular weight is 292 g/mol. The Morgan fingerprint density at radius 1 is 1.23 bits per heavy atom. The van der Waals surface area contributed by atoms with E-state index in [4.69, 9.17) is 0 Å². The van der Waals surface area contributed by atoms with Crippen LogP contribution in [0.2, 0.25) is 0 Å². The molecule has 4 rings (SSSR count). The maximum Gasteiger partial charge on any atom is 0.281 e. The highest BCUT2D eigenvalue weighted by Gasteiger charge is 2.18. The van der Waals surface area contributed by atoms with Gasteiger partial charge in [-0.1, -0.05) is 12.1 Å². The number of aryl methyl sites for hydroxylation is 1. The third-order valence-corrected chi connectivity index (χ3v) is 3.95. The molecular weight excluding hydrogens is 280 g/mol. The maximum absolute atomic E-state index is 11.4. The number of aromatic nitrogens is 3. The van der Waals surface area contributed by atoms with Crippen molar-refractivity contribution in [1.29, 1.82) is 0 Å². The van der Waals surface area contributed by atoms with E-state index in [9.17, 15) is 10.1 Å². The number of nitrogens with one attached hydrogen (secondary N) is 1. The predicted octanol–water partition coefficient (Wildman–Crippen LogP) is 3.63. The first-order valence-corrected chi connectivity index (χ1v) is 6.82. The topological polar surface area (TPSA) is 76.8 Å². The molecule has 2 aromatic heterocycles. The molecule has 6 heteroatoms. The van der Waals surface area contributed by atoms with Gasteiger partial charge in [-0.25, -0.2) is 0 Å². The number of H-pyrrole nitrogens is 1. The Balaban J connectivity index is 2.09. The summed E-state index contributed by atoms with van der Waals surface area (Å²) in [4.78, 5) is 14.2. The van der Waals surface area contributed by atoms with Crippen LogP contribution in [-0.4, -0.2) is 19.7 Å². The third kappa shape index (κ3) is 1.70. The molecule has 2 aromatic carbocycles. The zero-order valence-electron chi connectivity index (χ0n) is 11.8. The third-order valence-electron chi connectivity index (χ3n) is 3.95. The van der Waals surface area contributed by atoms with E-state index in [2.05, 4.69) is 10.1 Å². The van der Waals surface area contributed by atoms with Gasteiger partial charge in [-0.05, 0) is 29.3 Å². The number of benzene rings is 2. The summed E-state index contributed by atoms with van der Waals surface area (Å²) >= 11 is 0. The maximum atomic E-state index is 11.4. The molecular formula is C16H12N4O2. The Hall–Kier alpha value is -3.15. The molecule has 108 valence electrons. The monoisotopic (exact) mass is 292 g/mol. The Kier molecular flexibility index (Phi) is 2.53. The van der Waals surface area contributed by atoms with Crippen LogP contribution in [0.3, 0.4) is 0 Å². The Morgan fingerprint density at radius 3 is 2.91 bits per heavy atom. The number of hydrogen-bond donors (Lipinski definition) is 1. The smallest absolute Gasteiger partial charge is 0.281 e. The first kappa shape index (κ1) is 12.6. The van der Waals surface area contributed by atoms with Crippen molar-refractivity contribution in [3.8, 4) is 11.1 Å². The number of nitrogens with zero attached hydrogens (tertiary/aromatic N) is 3. The van der Waals surface area contributed by atoms with E-state index in [-0.39, 0.29) is 10.6 Å². The van der Waals surface area contributed by atoms with E-state index in [1.54, 1.807) is 17.8 Å². The quantitative estimate of drug-likeness (QED) is 0.452. The van der Waals surface area contributed by atoms with Crippen LogP contribution >= 0.6 is 0 Å². The van der Waals surface area contributed by atoms with E-state index in [0.29, 0.717) is 5.39 Å². The second kappa shape index (κ2) is 4.42. The van der Waals surface area contributed by atoms with Gasteiger partial charge in [-0.2, -0.15) is 5.10 Å². The number of hydrogen-bond acceptors (Lipinski definition) is 3. The molecule has 0 aliphatic heterocycles. The van der Waals surface area contributed by atoms with Gasteiger partial charge in [0, 0.05) is 30.2 Å². The van der Waals surface area contributed by atoms with Gasteiger partial charge in [-0.3, -0.25) is 14.8 Å². The highest BCUT2D eigenvalue weighted by molar-refractivity contribution is 5.99. The Bertz CT molecular complexity index is 1030. The summed E-state index contributed by atoms with van der Waals surface area (Å²) in [6.07, 6.45) is 3.40. The first-order chi connectivity index (χ1) is 10.6. The van der Waals surface area contributed by atoms with Crippen molar-refractivity contribution in [1.82, 2.24) is 14.8 Å². The number of fused-ring (bicyclic) bond motifs is 2. The fraction of sp³-hybridized carbons (Fsp3) is 0.0625. The highest BCUT2D eigenvalue weighted by atomic mass is 16.6. The largest absolute Gasteiger partial charge is 0.361 e. The number of nitro benzene ring substituents is 1. The van der Waals surface area contributed by atoms with E-state index in [1.165, 1.54) is 6.20 Å². The lowest BCUT2D eigenvalue weighted by atomic mass is 10.00. The minimum atomic E-state index is -0.356. The lowest BCUT2D eigenvalue weighted by Crippen LogP contribution is -1.93. The van der Waals surface area contributed by atoms with Gasteiger partial charge in [0.15, 0.2) is 0 Å². The minimum absolute atomic E-state index is 0.0770. The fourth-order valence-electron chi connectivity index (χ4n) is 2.87. The van der Waals surface area contributed by atoms with E-state index < -0.39 is 0 Å². The van der Waals surface area contributed by atoms with Gasteiger partial charge in [-0.15, -0.1) is 0 Å². The van der Waals surface area contributed by atoms with Crippen molar-refractivity contribution in [3.05, 3.63) is 58.9 Å². The summed E-state index contributed by atoms with van der Waals surface area (Å²) in [7, 11) is 1.78. The van der Waals surface area contributed by atoms with Gasteiger partial charge >= 0.3 is 0 Å². The predicted molar refractivity (Wildman–Crippen MR) is 84.7 cm³/mol. The number of rotatable bonds is 2. The molecule has 0 saturated carbocycles. The van der Waals surface area contributed by atoms with Crippen molar-refractivity contribution >= 4 is 27.5 Å². The molecule has 0 fully saturated rings. The molecule has 0 radical (unpaired) electrons. The van der Waals surface area contributed by atoms with Crippen molar-refractivity contribution in [3.63, 3.8) is 0 Å². The average Bonchev–Trinajstić information content (AvgIpc) is 3.13. The molecule has 1 N–H and O–H groups in total. The molecule has 2 heterocycles. The van der Waals surface area contributed by atoms with Crippen LogP contribution in [0.25, 0.3) is 32.9 Å². The molecule has 0 aliphatic carbocycles. The first-order valence-electron chi connectivity index (χ1n) is 6.82. The van der Waals surface area contributed by atoms with Crippen molar-refractivity contribution in [2.24, 2.45) is 7.05 Å². The summed E-state index contributed by atoms with van der Waals surface area (Å²) < 4.78 is 1.66. The molecule has 0 amide bonds. The van der Waals surface area contributed by atoms with E-state index >= 15 is 0 Å². The van der Waals surface area contributed by atoms with Gasteiger partial charge in [0.2, 0.25) is 0 Å². The molecule has 0 atom stereocenters. The van der Waals surface area contributed by atoms with E-state index in [0.717, 1.165) is 27.5 Å². The Labute approximate surface area is 125 Å². The lowest BCUT2D eigenvalue weighted by molar-refractivity contribution is -0.383. The highest BCUT2D eigenvalue weighted by Crippen LogP contribution is 2.35. The molecule has 0 spiro atoms. The second-order valence-corrected chi connectivity index (χ2v) is 5.20. The summed E-state index contributed by atoms with van der Waals surface area (Å²) in [5.41, 5.74) is 3.60. The van der Waals surface area contributed by atoms with Gasteiger partial charge < -0.3 is 4.98 Å². The van der Waals surface area contributed by atoms with Crippen LogP contribution in [-0.2, 0) is 7.05 Å². The minimum Gasteiger partial charge on any atom is -0.361 e. The van der Waals surface area contributed by atoms with Crippen LogP contribution in [0, 0.1) is 10.1 Å². The molecule has 0 saturated heterocycles. The molecule has 22 heavy (non-hydrogen) atoms. The summed E-state index contributed by atoms with van der Waals surface area (Å²) in [6, 6.07) is 11.4. The molecule has 0 bridgehead atoms.